The Morgan fingerprint density at radius 2 is 1.72 bits per heavy atom. The fourth-order valence-electron chi connectivity index (χ4n) is 4.07. The number of imidazole rings is 1. The van der Waals surface area contributed by atoms with Crippen LogP contribution in [0, 0.1) is 20.8 Å². The minimum absolute atomic E-state index is 0.118. The summed E-state index contributed by atoms with van der Waals surface area (Å²) in [5, 5.41) is 0. The Bertz CT molecular complexity index is 1170. The summed E-state index contributed by atoms with van der Waals surface area (Å²) < 4.78 is 12.7. The summed E-state index contributed by atoms with van der Waals surface area (Å²) in [5.74, 6) is 3.96. The summed E-state index contributed by atoms with van der Waals surface area (Å²) in [6.45, 7) is 8.92. The van der Waals surface area contributed by atoms with E-state index in [1.165, 1.54) is 0 Å². The zero-order valence-electron chi connectivity index (χ0n) is 18.5. The van der Waals surface area contributed by atoms with Gasteiger partial charge in [-0.3, -0.25) is 9.36 Å². The van der Waals surface area contributed by atoms with Crippen LogP contribution in [0.1, 0.15) is 22.8 Å². The maximum absolute atomic E-state index is 12.8. The van der Waals surface area contributed by atoms with Crippen molar-refractivity contribution in [3.05, 3.63) is 53.4 Å². The van der Waals surface area contributed by atoms with Gasteiger partial charge in [-0.05, 0) is 38.5 Å². The molecule has 4 heterocycles. The van der Waals surface area contributed by atoms with Gasteiger partial charge in [-0.25, -0.2) is 15.0 Å². The molecule has 5 rings (SSSR count). The number of nitrogens with zero attached hydrogens (tertiary/aromatic N) is 6. The number of ether oxygens (including phenoxy) is 2. The van der Waals surface area contributed by atoms with E-state index in [1.807, 2.05) is 54.5 Å². The number of rotatable bonds is 4. The first kappa shape index (κ1) is 20.3. The lowest BCUT2D eigenvalue weighted by atomic mass is 10.1. The van der Waals surface area contributed by atoms with Crippen LogP contribution in [-0.2, 0) is 11.2 Å². The molecule has 166 valence electrons. The van der Waals surface area contributed by atoms with Gasteiger partial charge >= 0.3 is 0 Å². The van der Waals surface area contributed by atoms with E-state index < -0.39 is 0 Å². The van der Waals surface area contributed by atoms with Crippen molar-refractivity contribution < 1.29 is 14.3 Å². The average Bonchev–Trinajstić information content (AvgIpc) is 3.39. The average molecular weight is 435 g/mol. The molecule has 1 saturated heterocycles. The van der Waals surface area contributed by atoms with Crippen molar-refractivity contribution in [1.29, 1.82) is 0 Å². The van der Waals surface area contributed by atoms with Crippen molar-refractivity contribution in [2.45, 2.75) is 27.2 Å². The van der Waals surface area contributed by atoms with Crippen molar-refractivity contribution >= 4 is 11.7 Å². The van der Waals surface area contributed by atoms with Gasteiger partial charge in [0.15, 0.2) is 11.5 Å². The monoisotopic (exact) mass is 434 g/mol. The van der Waals surface area contributed by atoms with Gasteiger partial charge in [0.1, 0.15) is 23.8 Å². The molecule has 0 saturated carbocycles. The van der Waals surface area contributed by atoms with Crippen molar-refractivity contribution in [2.24, 2.45) is 0 Å². The van der Waals surface area contributed by atoms with E-state index in [0.29, 0.717) is 31.1 Å². The lowest BCUT2D eigenvalue weighted by Gasteiger charge is -2.35. The predicted octanol–water partition coefficient (Wildman–Crippen LogP) is 2.21. The summed E-state index contributed by atoms with van der Waals surface area (Å²) in [7, 11) is 0. The largest absolute Gasteiger partial charge is 0.454 e. The van der Waals surface area contributed by atoms with Crippen LogP contribution in [0.15, 0.2) is 30.6 Å². The highest BCUT2D eigenvalue weighted by Gasteiger charge is 2.24. The number of fused-ring (bicyclic) bond motifs is 1. The second kappa shape index (κ2) is 8.14. The first-order chi connectivity index (χ1) is 15.5. The van der Waals surface area contributed by atoms with Crippen LogP contribution in [-0.4, -0.2) is 63.3 Å². The third-order valence-corrected chi connectivity index (χ3v) is 6.06. The molecule has 0 atom stereocenters. The number of hydrogen-bond donors (Lipinski definition) is 0. The summed E-state index contributed by atoms with van der Waals surface area (Å²) in [4.78, 5) is 30.6. The topological polar surface area (TPSA) is 85.6 Å². The second-order valence-corrected chi connectivity index (χ2v) is 8.15. The highest BCUT2D eigenvalue weighted by molar-refractivity contribution is 5.79. The Labute approximate surface area is 186 Å². The standard InChI is InChI=1S/C23H26N6O3/c1-15-16(2)29(13-24-15)22-12-21(25-17(3)26-22)27-6-8-28(9-7-27)23(30)11-18-4-5-19-20(10-18)32-14-31-19/h4-5,10,12-13H,6-9,11,14H2,1-3H3. The third-order valence-electron chi connectivity index (χ3n) is 6.06. The van der Waals surface area contributed by atoms with Gasteiger partial charge in [0, 0.05) is 37.9 Å². The fourth-order valence-corrected chi connectivity index (χ4v) is 4.07. The third kappa shape index (κ3) is 3.86. The summed E-state index contributed by atoms with van der Waals surface area (Å²) in [6.07, 6.45) is 2.15. The number of carbonyl (C=O) groups excluding carboxylic acids is 1. The zero-order chi connectivity index (χ0) is 22.2. The first-order valence-electron chi connectivity index (χ1n) is 10.8. The minimum Gasteiger partial charge on any atom is -0.454 e. The normalized spacial score (nSPS) is 15.3. The molecule has 2 aliphatic heterocycles. The zero-order valence-corrected chi connectivity index (χ0v) is 18.5. The molecule has 0 bridgehead atoms. The number of carbonyl (C=O) groups is 1. The quantitative estimate of drug-likeness (QED) is 0.622. The Hall–Kier alpha value is -3.62. The molecule has 3 aromatic rings. The highest BCUT2D eigenvalue weighted by Crippen LogP contribution is 2.32. The summed E-state index contributed by atoms with van der Waals surface area (Å²) in [6, 6.07) is 7.67. The van der Waals surface area contributed by atoms with Crippen LogP contribution in [0.4, 0.5) is 5.82 Å². The van der Waals surface area contributed by atoms with Gasteiger partial charge in [0.25, 0.3) is 0 Å². The van der Waals surface area contributed by atoms with Crippen LogP contribution in [0.3, 0.4) is 0 Å². The van der Waals surface area contributed by atoms with Crippen LogP contribution in [0.25, 0.3) is 5.82 Å². The smallest absolute Gasteiger partial charge is 0.231 e. The minimum atomic E-state index is 0.118. The molecular formula is C23H26N6O3. The molecule has 9 heteroatoms. The summed E-state index contributed by atoms with van der Waals surface area (Å²) in [5.41, 5.74) is 2.98. The van der Waals surface area contributed by atoms with Crippen LogP contribution in [0.2, 0.25) is 0 Å². The number of amides is 1. The van der Waals surface area contributed by atoms with Crippen molar-refractivity contribution in [2.75, 3.05) is 37.9 Å². The molecule has 2 aliphatic rings. The fraction of sp³-hybridized carbons (Fsp3) is 0.391. The van der Waals surface area contributed by atoms with E-state index in [2.05, 4.69) is 19.9 Å². The molecule has 1 aromatic carbocycles. The number of benzene rings is 1. The maximum Gasteiger partial charge on any atom is 0.231 e. The SMILES string of the molecule is Cc1nc(N2CCN(C(=O)Cc3ccc4c(c3)OCO4)CC2)cc(-n2cnc(C)c2C)n1. The van der Waals surface area contributed by atoms with Gasteiger partial charge in [0.2, 0.25) is 12.7 Å². The summed E-state index contributed by atoms with van der Waals surface area (Å²) >= 11 is 0. The molecule has 0 radical (unpaired) electrons. The van der Waals surface area contributed by atoms with Crippen LogP contribution < -0.4 is 14.4 Å². The van der Waals surface area contributed by atoms with Crippen molar-refractivity contribution in [3.63, 3.8) is 0 Å². The van der Waals surface area contributed by atoms with Gasteiger partial charge in [0.05, 0.1) is 12.1 Å². The van der Waals surface area contributed by atoms with Gasteiger partial charge in [-0.2, -0.15) is 0 Å². The molecule has 1 amide bonds. The Morgan fingerprint density at radius 3 is 2.47 bits per heavy atom. The maximum atomic E-state index is 12.8. The lowest BCUT2D eigenvalue weighted by molar-refractivity contribution is -0.130. The van der Waals surface area contributed by atoms with E-state index >= 15 is 0 Å². The van der Waals surface area contributed by atoms with Crippen LogP contribution in [0.5, 0.6) is 11.5 Å². The van der Waals surface area contributed by atoms with E-state index in [0.717, 1.165) is 47.4 Å². The molecule has 32 heavy (non-hydrogen) atoms. The number of aryl methyl sites for hydroxylation is 2. The van der Waals surface area contributed by atoms with E-state index in [-0.39, 0.29) is 12.7 Å². The highest BCUT2D eigenvalue weighted by atomic mass is 16.7. The number of anilines is 1. The van der Waals surface area contributed by atoms with E-state index in [1.54, 1.807) is 6.33 Å². The first-order valence-corrected chi connectivity index (χ1v) is 10.8. The molecule has 2 aromatic heterocycles. The molecule has 9 nitrogen and oxygen atoms in total. The van der Waals surface area contributed by atoms with Crippen molar-refractivity contribution in [3.8, 4) is 17.3 Å². The molecule has 1 fully saturated rings. The number of hydrogen-bond acceptors (Lipinski definition) is 7. The Kier molecular flexibility index (Phi) is 5.16. The van der Waals surface area contributed by atoms with Gasteiger partial charge in [-0.1, -0.05) is 6.07 Å². The molecule has 0 unspecified atom stereocenters. The predicted molar refractivity (Wildman–Crippen MR) is 118 cm³/mol. The molecular weight excluding hydrogens is 408 g/mol. The lowest BCUT2D eigenvalue weighted by Crippen LogP contribution is -2.49. The molecule has 0 spiro atoms. The van der Waals surface area contributed by atoms with Gasteiger partial charge < -0.3 is 19.3 Å². The Morgan fingerprint density at radius 1 is 0.969 bits per heavy atom. The Balaban J connectivity index is 1.24. The van der Waals surface area contributed by atoms with Crippen molar-refractivity contribution in [1.82, 2.24) is 24.4 Å². The molecule has 0 aliphatic carbocycles. The van der Waals surface area contributed by atoms with E-state index in [9.17, 15) is 4.79 Å². The molecule has 0 N–H and O–H groups in total. The second-order valence-electron chi connectivity index (χ2n) is 8.15. The number of aromatic nitrogens is 4. The van der Waals surface area contributed by atoms with E-state index in [4.69, 9.17) is 9.47 Å². The van der Waals surface area contributed by atoms with Crippen LogP contribution >= 0.6 is 0 Å². The number of piperazine rings is 1. The van der Waals surface area contributed by atoms with Gasteiger partial charge in [-0.15, -0.1) is 0 Å².